The second kappa shape index (κ2) is 8.71. The van der Waals surface area contributed by atoms with Crippen molar-refractivity contribution in [2.45, 2.75) is 13.3 Å². The molecule has 0 fully saturated rings. The molecule has 0 saturated carbocycles. The molecule has 0 aromatic heterocycles. The van der Waals surface area contributed by atoms with Gasteiger partial charge >= 0.3 is 0 Å². The third-order valence-corrected chi connectivity index (χ3v) is 2.60. The van der Waals surface area contributed by atoms with E-state index in [1.807, 2.05) is 6.92 Å². The quantitative estimate of drug-likeness (QED) is 0.678. The maximum atomic E-state index is 13.3. The molecule has 0 atom stereocenters. The van der Waals surface area contributed by atoms with Crippen molar-refractivity contribution < 1.29 is 23.2 Å². The van der Waals surface area contributed by atoms with Crippen molar-refractivity contribution in [3.63, 3.8) is 0 Å². The summed E-state index contributed by atoms with van der Waals surface area (Å²) in [5, 5.41) is 7.05. The second-order valence-electron chi connectivity index (χ2n) is 4.43. The zero-order valence-electron chi connectivity index (χ0n) is 12.0. The average molecular weight is 313 g/mol. The van der Waals surface area contributed by atoms with E-state index in [2.05, 4.69) is 16.0 Å². The van der Waals surface area contributed by atoms with Crippen LogP contribution in [0.3, 0.4) is 0 Å². The Kier molecular flexibility index (Phi) is 6.94. The van der Waals surface area contributed by atoms with Crippen LogP contribution in [0.15, 0.2) is 18.2 Å². The van der Waals surface area contributed by atoms with Crippen LogP contribution < -0.4 is 16.0 Å². The van der Waals surface area contributed by atoms with Gasteiger partial charge in [0.05, 0.1) is 18.7 Å². The number of amides is 3. The Labute approximate surface area is 126 Å². The molecule has 0 aliphatic heterocycles. The highest BCUT2D eigenvalue weighted by atomic mass is 19.1. The third-order valence-electron chi connectivity index (χ3n) is 2.60. The lowest BCUT2D eigenvalue weighted by molar-refractivity contribution is -0.125. The molecule has 0 radical (unpaired) electrons. The molecule has 1 aromatic carbocycles. The van der Waals surface area contributed by atoms with Gasteiger partial charge in [-0.15, -0.1) is 0 Å². The molecule has 3 amide bonds. The lowest BCUT2D eigenvalue weighted by atomic mass is 10.2. The summed E-state index contributed by atoms with van der Waals surface area (Å²) in [7, 11) is 0. The van der Waals surface area contributed by atoms with Crippen LogP contribution in [-0.4, -0.2) is 37.4 Å². The van der Waals surface area contributed by atoms with E-state index in [0.717, 1.165) is 18.6 Å². The predicted octanol–water partition coefficient (Wildman–Crippen LogP) is 0.337. The van der Waals surface area contributed by atoms with Gasteiger partial charge in [0.1, 0.15) is 11.6 Å². The van der Waals surface area contributed by atoms with E-state index in [1.165, 1.54) is 0 Å². The van der Waals surface area contributed by atoms with Gasteiger partial charge in [-0.1, -0.05) is 6.92 Å². The highest BCUT2D eigenvalue weighted by Crippen LogP contribution is 2.08. The fraction of sp³-hybridized carbons (Fsp3) is 0.357. The largest absolute Gasteiger partial charge is 0.355 e. The van der Waals surface area contributed by atoms with Crippen LogP contribution in [0.25, 0.3) is 0 Å². The van der Waals surface area contributed by atoms with Gasteiger partial charge in [-0.25, -0.2) is 8.78 Å². The Balaban J connectivity index is 2.37. The van der Waals surface area contributed by atoms with Crippen LogP contribution in [0.2, 0.25) is 0 Å². The molecule has 1 aromatic rings. The van der Waals surface area contributed by atoms with Crippen molar-refractivity contribution in [3.8, 4) is 0 Å². The molecule has 6 nitrogen and oxygen atoms in total. The van der Waals surface area contributed by atoms with Gasteiger partial charge in [0, 0.05) is 12.6 Å². The monoisotopic (exact) mass is 313 g/mol. The lowest BCUT2D eigenvalue weighted by Crippen LogP contribution is -2.42. The predicted molar refractivity (Wildman–Crippen MR) is 75.0 cm³/mol. The van der Waals surface area contributed by atoms with Crippen molar-refractivity contribution in [2.75, 3.05) is 19.6 Å². The zero-order valence-corrected chi connectivity index (χ0v) is 12.0. The highest BCUT2D eigenvalue weighted by molar-refractivity contribution is 5.97. The molecule has 3 N–H and O–H groups in total. The summed E-state index contributed by atoms with van der Waals surface area (Å²) in [4.78, 5) is 34.3. The molecular formula is C14H17F2N3O3. The van der Waals surface area contributed by atoms with Gasteiger partial charge in [-0.05, 0) is 18.6 Å². The first kappa shape index (κ1) is 17.5. The van der Waals surface area contributed by atoms with Gasteiger partial charge in [-0.2, -0.15) is 0 Å². The van der Waals surface area contributed by atoms with Crippen LogP contribution in [-0.2, 0) is 9.59 Å². The lowest BCUT2D eigenvalue weighted by Gasteiger charge is -2.08. The Morgan fingerprint density at radius 2 is 1.64 bits per heavy atom. The van der Waals surface area contributed by atoms with E-state index in [4.69, 9.17) is 0 Å². The maximum Gasteiger partial charge on any atom is 0.254 e. The van der Waals surface area contributed by atoms with Gasteiger partial charge in [0.25, 0.3) is 5.91 Å². The fourth-order valence-corrected chi connectivity index (χ4v) is 1.50. The summed E-state index contributed by atoms with van der Waals surface area (Å²) in [5.41, 5.74) is -0.366. The number of hydrogen-bond acceptors (Lipinski definition) is 3. The van der Waals surface area contributed by atoms with Crippen LogP contribution in [0.1, 0.15) is 23.7 Å². The number of rotatable bonds is 7. The zero-order chi connectivity index (χ0) is 16.5. The summed E-state index contributed by atoms with van der Waals surface area (Å²) in [6, 6.07) is 2.50. The second-order valence-corrected chi connectivity index (χ2v) is 4.43. The molecule has 0 aliphatic carbocycles. The minimum absolute atomic E-state index is 0.209. The summed E-state index contributed by atoms with van der Waals surface area (Å²) in [6.07, 6.45) is 0.777. The Hall–Kier alpha value is -2.51. The molecular weight excluding hydrogens is 296 g/mol. The Bertz CT molecular complexity index is 564. The molecule has 0 spiro atoms. The standard InChI is InChI=1S/C14H17F2N3O3/c1-2-5-17-12(20)7-18-13(21)8-19-14(22)10-4-3-9(15)6-11(10)16/h3-4,6H,2,5,7-8H2,1H3,(H,17,20)(H,18,21)(H,19,22). The fourth-order valence-electron chi connectivity index (χ4n) is 1.50. The van der Waals surface area contributed by atoms with E-state index in [1.54, 1.807) is 0 Å². The van der Waals surface area contributed by atoms with Crippen molar-refractivity contribution in [3.05, 3.63) is 35.4 Å². The summed E-state index contributed by atoms with van der Waals surface area (Å²) < 4.78 is 26.1. The van der Waals surface area contributed by atoms with Crippen molar-refractivity contribution >= 4 is 17.7 Å². The number of nitrogens with one attached hydrogen (secondary N) is 3. The molecule has 1 rings (SSSR count). The first-order valence-electron chi connectivity index (χ1n) is 6.70. The minimum Gasteiger partial charge on any atom is -0.355 e. The maximum absolute atomic E-state index is 13.3. The number of carbonyl (C=O) groups is 3. The van der Waals surface area contributed by atoms with Crippen LogP contribution >= 0.6 is 0 Å². The molecule has 8 heteroatoms. The number of halogens is 2. The molecule has 0 heterocycles. The van der Waals surface area contributed by atoms with E-state index in [0.29, 0.717) is 12.6 Å². The third kappa shape index (κ3) is 5.86. The van der Waals surface area contributed by atoms with E-state index in [-0.39, 0.29) is 18.0 Å². The molecule has 0 bridgehead atoms. The smallest absolute Gasteiger partial charge is 0.254 e. The molecule has 0 unspecified atom stereocenters. The Morgan fingerprint density at radius 3 is 2.27 bits per heavy atom. The van der Waals surface area contributed by atoms with Crippen LogP contribution in [0.5, 0.6) is 0 Å². The minimum atomic E-state index is -1.02. The Morgan fingerprint density at radius 1 is 1.00 bits per heavy atom. The van der Waals surface area contributed by atoms with Crippen LogP contribution in [0, 0.1) is 11.6 Å². The van der Waals surface area contributed by atoms with E-state index >= 15 is 0 Å². The molecule has 22 heavy (non-hydrogen) atoms. The van der Waals surface area contributed by atoms with E-state index in [9.17, 15) is 23.2 Å². The van der Waals surface area contributed by atoms with Gasteiger partial charge < -0.3 is 16.0 Å². The summed E-state index contributed by atoms with van der Waals surface area (Å²) >= 11 is 0. The number of hydrogen-bond donors (Lipinski definition) is 3. The van der Waals surface area contributed by atoms with Crippen molar-refractivity contribution in [1.82, 2.24) is 16.0 Å². The average Bonchev–Trinajstić information content (AvgIpc) is 2.48. The normalized spacial score (nSPS) is 9.95. The molecule has 120 valence electrons. The first-order chi connectivity index (χ1) is 10.4. The summed E-state index contributed by atoms with van der Waals surface area (Å²) in [6.45, 7) is 1.77. The van der Waals surface area contributed by atoms with E-state index < -0.39 is 30.0 Å². The number of carbonyl (C=O) groups excluding carboxylic acids is 3. The van der Waals surface area contributed by atoms with Gasteiger partial charge in [-0.3, -0.25) is 14.4 Å². The molecule has 0 aliphatic rings. The first-order valence-corrected chi connectivity index (χ1v) is 6.70. The highest BCUT2D eigenvalue weighted by Gasteiger charge is 2.13. The topological polar surface area (TPSA) is 87.3 Å². The number of benzene rings is 1. The van der Waals surface area contributed by atoms with Crippen molar-refractivity contribution in [1.29, 1.82) is 0 Å². The van der Waals surface area contributed by atoms with Crippen molar-refractivity contribution in [2.24, 2.45) is 0 Å². The van der Waals surface area contributed by atoms with Crippen LogP contribution in [0.4, 0.5) is 8.78 Å². The van der Waals surface area contributed by atoms with Gasteiger partial charge in [0.2, 0.25) is 11.8 Å². The van der Waals surface area contributed by atoms with Gasteiger partial charge in [0.15, 0.2) is 0 Å². The summed E-state index contributed by atoms with van der Waals surface area (Å²) in [5.74, 6) is -3.60. The SMILES string of the molecule is CCCNC(=O)CNC(=O)CNC(=O)c1ccc(F)cc1F. The molecule has 0 saturated heterocycles.